The van der Waals surface area contributed by atoms with Crippen molar-refractivity contribution < 1.29 is 13.2 Å². The Hall–Kier alpha value is -1.60. The predicted octanol–water partition coefficient (Wildman–Crippen LogP) is 3.84. The number of hydrogen-bond donors (Lipinski definition) is 0. The predicted molar refractivity (Wildman–Crippen MR) is 90.7 cm³/mol. The van der Waals surface area contributed by atoms with Gasteiger partial charge >= 0.3 is 6.18 Å². The summed E-state index contributed by atoms with van der Waals surface area (Å²) in [5.74, 6) is 0. The first-order valence-electron chi connectivity index (χ1n) is 7.97. The summed E-state index contributed by atoms with van der Waals surface area (Å²) in [6.07, 6.45) is -3.30. The second-order valence-corrected chi connectivity index (χ2v) is 6.93. The van der Waals surface area contributed by atoms with Crippen molar-refractivity contribution in [2.75, 3.05) is 37.6 Å². The summed E-state index contributed by atoms with van der Waals surface area (Å²) in [4.78, 5) is 9.97. The molecule has 0 radical (unpaired) electrons. The van der Waals surface area contributed by atoms with Crippen molar-refractivity contribution in [3.8, 4) is 0 Å². The molecule has 1 aliphatic rings. The molecule has 0 unspecified atom stereocenters. The second kappa shape index (κ2) is 7.11. The van der Waals surface area contributed by atoms with Crippen LogP contribution in [-0.2, 0) is 12.6 Å². The molecule has 1 aromatic heterocycles. The molecule has 3 rings (SSSR count). The van der Waals surface area contributed by atoms with E-state index in [1.54, 1.807) is 17.4 Å². The fraction of sp³-hybridized carbons (Fsp3) is 0.471. The number of hydrogen-bond acceptors (Lipinski definition) is 4. The van der Waals surface area contributed by atoms with Crippen molar-refractivity contribution in [3.05, 3.63) is 45.9 Å². The quantitative estimate of drug-likeness (QED) is 0.831. The molecule has 7 heteroatoms. The molecule has 1 aliphatic heterocycles. The van der Waals surface area contributed by atoms with E-state index in [0.29, 0.717) is 5.69 Å². The highest BCUT2D eigenvalue weighted by atomic mass is 32.1. The van der Waals surface area contributed by atoms with Crippen molar-refractivity contribution in [3.63, 3.8) is 0 Å². The highest BCUT2D eigenvalue weighted by molar-refractivity contribution is 7.09. The number of aryl methyl sites for hydroxylation is 1. The van der Waals surface area contributed by atoms with Crippen LogP contribution in [0, 0.1) is 6.92 Å². The number of piperazine rings is 1. The summed E-state index contributed by atoms with van der Waals surface area (Å²) >= 11 is 1.68. The molecule has 0 bridgehead atoms. The standard InChI is InChI=1S/C17H20F3N3S/c1-13-16(24-12-21-13)5-6-22-7-9-23(10-8-22)15-4-2-3-14(11-15)17(18,19)20/h2-4,11-12H,5-10H2,1H3. The first-order chi connectivity index (χ1) is 11.4. The summed E-state index contributed by atoms with van der Waals surface area (Å²) in [6, 6.07) is 5.61. The Morgan fingerprint density at radius 3 is 2.54 bits per heavy atom. The zero-order chi connectivity index (χ0) is 17.2. The maximum Gasteiger partial charge on any atom is 0.416 e. The van der Waals surface area contributed by atoms with Crippen molar-refractivity contribution in [2.45, 2.75) is 19.5 Å². The molecule has 0 aliphatic carbocycles. The molecule has 0 N–H and O–H groups in total. The van der Waals surface area contributed by atoms with Gasteiger partial charge in [0.25, 0.3) is 0 Å². The van der Waals surface area contributed by atoms with Crippen LogP contribution in [0.25, 0.3) is 0 Å². The van der Waals surface area contributed by atoms with Crippen LogP contribution in [0.2, 0.25) is 0 Å². The molecule has 1 aromatic carbocycles. The van der Waals surface area contributed by atoms with Gasteiger partial charge in [0.1, 0.15) is 0 Å². The first-order valence-corrected chi connectivity index (χ1v) is 8.85. The topological polar surface area (TPSA) is 19.4 Å². The lowest BCUT2D eigenvalue weighted by molar-refractivity contribution is -0.137. The Balaban J connectivity index is 1.54. The minimum Gasteiger partial charge on any atom is -0.369 e. The Morgan fingerprint density at radius 1 is 1.17 bits per heavy atom. The maximum absolute atomic E-state index is 12.8. The molecule has 0 amide bonds. The van der Waals surface area contributed by atoms with Crippen molar-refractivity contribution in [1.82, 2.24) is 9.88 Å². The molecule has 0 atom stereocenters. The SMILES string of the molecule is Cc1ncsc1CCN1CCN(c2cccc(C(F)(F)F)c2)CC1. The van der Waals surface area contributed by atoms with E-state index < -0.39 is 11.7 Å². The van der Waals surface area contributed by atoms with E-state index in [2.05, 4.69) is 9.88 Å². The van der Waals surface area contributed by atoms with Gasteiger partial charge in [-0.15, -0.1) is 11.3 Å². The van der Waals surface area contributed by atoms with E-state index in [4.69, 9.17) is 0 Å². The lowest BCUT2D eigenvalue weighted by Gasteiger charge is -2.36. The zero-order valence-electron chi connectivity index (χ0n) is 13.5. The third-order valence-electron chi connectivity index (χ3n) is 4.41. The van der Waals surface area contributed by atoms with Crippen LogP contribution in [-0.4, -0.2) is 42.6 Å². The summed E-state index contributed by atoms with van der Waals surface area (Å²) in [5.41, 5.74) is 3.05. The van der Waals surface area contributed by atoms with Gasteiger partial charge in [-0.05, 0) is 31.5 Å². The van der Waals surface area contributed by atoms with E-state index in [0.717, 1.165) is 50.9 Å². The monoisotopic (exact) mass is 355 g/mol. The first kappa shape index (κ1) is 17.2. The third kappa shape index (κ3) is 4.08. The van der Waals surface area contributed by atoms with E-state index in [9.17, 15) is 13.2 Å². The number of benzene rings is 1. The van der Waals surface area contributed by atoms with Gasteiger partial charge in [0, 0.05) is 43.3 Å². The summed E-state index contributed by atoms with van der Waals surface area (Å²) in [5, 5.41) is 0. The average Bonchev–Trinajstić information content (AvgIpc) is 2.98. The molecule has 1 saturated heterocycles. The molecule has 2 heterocycles. The smallest absolute Gasteiger partial charge is 0.369 e. The summed E-state index contributed by atoms with van der Waals surface area (Å²) in [7, 11) is 0. The number of nitrogens with zero attached hydrogens (tertiary/aromatic N) is 3. The lowest BCUT2D eigenvalue weighted by atomic mass is 10.1. The Kier molecular flexibility index (Phi) is 5.10. The van der Waals surface area contributed by atoms with Gasteiger partial charge in [-0.3, -0.25) is 4.90 Å². The number of alkyl halides is 3. The molecule has 0 spiro atoms. The van der Waals surface area contributed by atoms with Gasteiger partial charge in [0.15, 0.2) is 0 Å². The number of rotatable bonds is 4. The van der Waals surface area contributed by atoms with Gasteiger partial charge in [-0.2, -0.15) is 13.2 Å². The van der Waals surface area contributed by atoms with Crippen LogP contribution in [0.3, 0.4) is 0 Å². The van der Waals surface area contributed by atoms with Gasteiger partial charge in [0.2, 0.25) is 0 Å². The van der Waals surface area contributed by atoms with Crippen molar-refractivity contribution in [2.24, 2.45) is 0 Å². The van der Waals surface area contributed by atoms with Crippen molar-refractivity contribution >= 4 is 17.0 Å². The summed E-state index contributed by atoms with van der Waals surface area (Å²) in [6.45, 7) is 6.24. The van der Waals surface area contributed by atoms with Gasteiger partial charge < -0.3 is 4.90 Å². The third-order valence-corrected chi connectivity index (χ3v) is 5.41. The Labute approximate surface area is 143 Å². The largest absolute Gasteiger partial charge is 0.416 e. The van der Waals surface area contributed by atoms with Crippen molar-refractivity contribution in [1.29, 1.82) is 0 Å². The van der Waals surface area contributed by atoms with Gasteiger partial charge in [-0.25, -0.2) is 4.98 Å². The van der Waals surface area contributed by atoms with Crippen LogP contribution in [0.5, 0.6) is 0 Å². The minimum absolute atomic E-state index is 0.580. The molecule has 0 saturated carbocycles. The molecular weight excluding hydrogens is 335 g/mol. The number of anilines is 1. The molecular formula is C17H20F3N3S. The number of halogens is 3. The average molecular weight is 355 g/mol. The normalized spacial score (nSPS) is 16.6. The molecule has 1 fully saturated rings. The van der Waals surface area contributed by atoms with Gasteiger partial charge in [-0.1, -0.05) is 6.07 Å². The maximum atomic E-state index is 12.8. The van der Waals surface area contributed by atoms with Crippen LogP contribution >= 0.6 is 11.3 Å². The van der Waals surface area contributed by atoms with E-state index >= 15 is 0 Å². The molecule has 24 heavy (non-hydrogen) atoms. The zero-order valence-corrected chi connectivity index (χ0v) is 14.3. The molecule has 3 nitrogen and oxygen atoms in total. The highest BCUT2D eigenvalue weighted by Gasteiger charge is 2.31. The lowest BCUT2D eigenvalue weighted by Crippen LogP contribution is -2.47. The Bertz CT molecular complexity index is 676. The highest BCUT2D eigenvalue weighted by Crippen LogP contribution is 2.31. The molecule has 2 aromatic rings. The van der Waals surface area contributed by atoms with E-state index in [-0.39, 0.29) is 0 Å². The van der Waals surface area contributed by atoms with Crippen LogP contribution in [0.4, 0.5) is 18.9 Å². The molecule has 130 valence electrons. The second-order valence-electron chi connectivity index (χ2n) is 5.99. The minimum atomic E-state index is -4.29. The number of thiazole rings is 1. The van der Waals surface area contributed by atoms with Crippen LogP contribution in [0.1, 0.15) is 16.1 Å². The van der Waals surface area contributed by atoms with Crippen LogP contribution in [0.15, 0.2) is 29.8 Å². The van der Waals surface area contributed by atoms with Crippen LogP contribution < -0.4 is 4.90 Å². The Morgan fingerprint density at radius 2 is 1.92 bits per heavy atom. The fourth-order valence-electron chi connectivity index (χ4n) is 2.93. The van der Waals surface area contributed by atoms with E-state index in [1.807, 2.05) is 17.3 Å². The fourth-order valence-corrected chi connectivity index (χ4v) is 3.70. The summed E-state index contributed by atoms with van der Waals surface area (Å²) < 4.78 is 38.5. The van der Waals surface area contributed by atoms with E-state index in [1.165, 1.54) is 17.0 Å². The number of aromatic nitrogens is 1. The van der Waals surface area contributed by atoms with Gasteiger partial charge in [0.05, 0.1) is 16.8 Å².